The molecule has 0 bridgehead atoms. The maximum Gasteiger partial charge on any atom is 0.0794 e. The van der Waals surface area contributed by atoms with E-state index in [-0.39, 0.29) is 5.92 Å². The van der Waals surface area contributed by atoms with Crippen LogP contribution in [0.1, 0.15) is 17.7 Å². The average molecular weight is 137 g/mol. The molecule has 0 N–H and O–H groups in total. The summed E-state index contributed by atoms with van der Waals surface area (Å²) in [4.78, 5) is 5.08. The first-order valence-electron chi connectivity index (χ1n) is 2.69. The lowest BCUT2D eigenvalue weighted by Gasteiger charge is -1.94. The van der Waals surface area contributed by atoms with Crippen molar-refractivity contribution in [3.8, 4) is 12.3 Å². The summed E-state index contributed by atoms with van der Waals surface area (Å²) in [6.07, 6.45) is 7.01. The van der Waals surface area contributed by atoms with Crippen molar-refractivity contribution < 1.29 is 0 Å². The molecule has 1 aromatic rings. The topological polar surface area (TPSA) is 12.9 Å². The van der Waals surface area contributed by atoms with Crippen molar-refractivity contribution in [1.29, 1.82) is 0 Å². The fraction of sp³-hybridized carbons (Fsp3) is 0.286. The number of rotatable bonds is 1. The fourth-order valence-electron chi connectivity index (χ4n) is 0.522. The number of aromatic nitrogens is 1. The Hall–Kier alpha value is -0.810. The summed E-state index contributed by atoms with van der Waals surface area (Å²) >= 11 is 1.60. The van der Waals surface area contributed by atoms with Crippen molar-refractivity contribution in [2.45, 2.75) is 12.8 Å². The predicted molar refractivity (Wildman–Crippen MR) is 39.4 cm³/mol. The zero-order valence-corrected chi connectivity index (χ0v) is 5.98. The van der Waals surface area contributed by atoms with Crippen LogP contribution in [-0.4, -0.2) is 4.98 Å². The van der Waals surface area contributed by atoms with Crippen molar-refractivity contribution in [2.24, 2.45) is 0 Å². The van der Waals surface area contributed by atoms with Gasteiger partial charge in [-0.05, 0) is 6.92 Å². The highest BCUT2D eigenvalue weighted by atomic mass is 32.1. The lowest BCUT2D eigenvalue weighted by Crippen LogP contribution is -1.81. The molecule has 0 aromatic carbocycles. The minimum absolute atomic E-state index is 0.220. The molecule has 0 aliphatic rings. The van der Waals surface area contributed by atoms with Crippen LogP contribution in [0.25, 0.3) is 0 Å². The summed E-state index contributed by atoms with van der Waals surface area (Å²) in [6.45, 7) is 1.99. The smallest absolute Gasteiger partial charge is 0.0794 e. The van der Waals surface area contributed by atoms with Gasteiger partial charge in [0.05, 0.1) is 11.4 Å². The van der Waals surface area contributed by atoms with Crippen LogP contribution in [0.4, 0.5) is 0 Å². The number of hydrogen-bond donors (Lipinski definition) is 0. The lowest BCUT2D eigenvalue weighted by atomic mass is 10.2. The minimum atomic E-state index is 0.220. The molecule has 0 aliphatic heterocycles. The first-order valence-corrected chi connectivity index (χ1v) is 3.57. The molecular weight excluding hydrogens is 130 g/mol. The van der Waals surface area contributed by atoms with Crippen LogP contribution in [0.5, 0.6) is 0 Å². The van der Waals surface area contributed by atoms with E-state index in [0.717, 1.165) is 4.88 Å². The summed E-state index contributed by atoms with van der Waals surface area (Å²) in [5.41, 5.74) is 1.79. The fourth-order valence-corrected chi connectivity index (χ4v) is 1.16. The Morgan fingerprint density at radius 3 is 3.11 bits per heavy atom. The Bertz CT molecular complexity index is 207. The zero-order chi connectivity index (χ0) is 6.69. The van der Waals surface area contributed by atoms with E-state index in [1.807, 2.05) is 13.1 Å². The van der Waals surface area contributed by atoms with E-state index >= 15 is 0 Å². The first kappa shape index (κ1) is 6.31. The first-order chi connectivity index (χ1) is 4.34. The maximum absolute atomic E-state index is 5.19. The Labute approximate surface area is 58.8 Å². The van der Waals surface area contributed by atoms with E-state index < -0.39 is 0 Å². The third-order valence-electron chi connectivity index (χ3n) is 1.13. The largest absolute Gasteiger partial charge is 0.253 e. The molecule has 1 aromatic heterocycles. The molecule has 1 heterocycles. The normalized spacial score (nSPS) is 12.4. The van der Waals surface area contributed by atoms with Gasteiger partial charge in [-0.25, -0.2) is 0 Å². The molecule has 46 valence electrons. The maximum atomic E-state index is 5.19. The van der Waals surface area contributed by atoms with Gasteiger partial charge < -0.3 is 0 Å². The van der Waals surface area contributed by atoms with E-state index in [1.165, 1.54) is 0 Å². The van der Waals surface area contributed by atoms with Gasteiger partial charge >= 0.3 is 0 Å². The second-order valence-electron chi connectivity index (χ2n) is 1.79. The number of nitrogens with zero attached hydrogens (tertiary/aromatic N) is 1. The van der Waals surface area contributed by atoms with Crippen LogP contribution in [-0.2, 0) is 0 Å². The van der Waals surface area contributed by atoms with Crippen LogP contribution < -0.4 is 0 Å². The zero-order valence-electron chi connectivity index (χ0n) is 5.16. The monoisotopic (exact) mass is 137 g/mol. The Morgan fingerprint density at radius 2 is 2.67 bits per heavy atom. The van der Waals surface area contributed by atoms with Gasteiger partial charge in [-0.15, -0.1) is 17.8 Å². The number of hydrogen-bond acceptors (Lipinski definition) is 2. The quantitative estimate of drug-likeness (QED) is 0.538. The van der Waals surface area contributed by atoms with Gasteiger partial charge in [0.2, 0.25) is 0 Å². The van der Waals surface area contributed by atoms with Crippen molar-refractivity contribution in [3.63, 3.8) is 0 Å². The van der Waals surface area contributed by atoms with E-state index in [0.29, 0.717) is 0 Å². The van der Waals surface area contributed by atoms with E-state index in [2.05, 4.69) is 10.9 Å². The molecule has 0 saturated heterocycles. The van der Waals surface area contributed by atoms with E-state index in [4.69, 9.17) is 6.42 Å². The van der Waals surface area contributed by atoms with Crippen LogP contribution in [0.3, 0.4) is 0 Å². The summed E-state index contributed by atoms with van der Waals surface area (Å²) in [5.74, 6) is 2.86. The summed E-state index contributed by atoms with van der Waals surface area (Å²) in [5, 5.41) is 0. The molecule has 2 heteroatoms. The Morgan fingerprint density at radius 1 is 1.89 bits per heavy atom. The SMILES string of the molecule is C#CC(C)c1cncs1. The molecule has 0 amide bonds. The third kappa shape index (κ3) is 1.30. The molecule has 9 heavy (non-hydrogen) atoms. The summed E-state index contributed by atoms with van der Waals surface area (Å²) < 4.78 is 0. The molecular formula is C7H7NS. The minimum Gasteiger partial charge on any atom is -0.253 e. The van der Waals surface area contributed by atoms with Gasteiger partial charge in [-0.1, -0.05) is 5.92 Å². The Kier molecular flexibility index (Phi) is 1.86. The van der Waals surface area contributed by atoms with Crippen LogP contribution in [0.15, 0.2) is 11.7 Å². The van der Waals surface area contributed by atoms with Crippen LogP contribution in [0.2, 0.25) is 0 Å². The van der Waals surface area contributed by atoms with Crippen molar-refractivity contribution in [2.75, 3.05) is 0 Å². The molecule has 0 spiro atoms. The molecule has 0 saturated carbocycles. The van der Waals surface area contributed by atoms with Gasteiger partial charge in [-0.3, -0.25) is 4.98 Å². The van der Waals surface area contributed by atoms with Crippen molar-refractivity contribution in [1.82, 2.24) is 4.98 Å². The van der Waals surface area contributed by atoms with E-state index in [1.54, 1.807) is 16.8 Å². The van der Waals surface area contributed by atoms with Gasteiger partial charge in [0.1, 0.15) is 0 Å². The highest BCUT2D eigenvalue weighted by molar-refractivity contribution is 7.09. The highest BCUT2D eigenvalue weighted by Crippen LogP contribution is 2.16. The van der Waals surface area contributed by atoms with Crippen LogP contribution >= 0.6 is 11.3 Å². The average Bonchev–Trinajstić information content (AvgIpc) is 2.37. The molecule has 1 nitrogen and oxygen atoms in total. The Balaban J connectivity index is 2.80. The van der Waals surface area contributed by atoms with Gasteiger partial charge in [0.15, 0.2) is 0 Å². The second kappa shape index (κ2) is 2.65. The molecule has 1 rings (SSSR count). The number of thiazole rings is 1. The molecule has 0 radical (unpaired) electrons. The number of terminal acetylenes is 1. The van der Waals surface area contributed by atoms with Gasteiger partial charge in [0.25, 0.3) is 0 Å². The van der Waals surface area contributed by atoms with Gasteiger partial charge in [-0.2, -0.15) is 0 Å². The highest BCUT2D eigenvalue weighted by Gasteiger charge is 2.00. The van der Waals surface area contributed by atoms with Crippen molar-refractivity contribution >= 4 is 11.3 Å². The molecule has 0 aliphatic carbocycles. The predicted octanol–water partition coefficient (Wildman–Crippen LogP) is 1.88. The summed E-state index contributed by atoms with van der Waals surface area (Å²) in [7, 11) is 0. The molecule has 1 unspecified atom stereocenters. The van der Waals surface area contributed by atoms with E-state index in [9.17, 15) is 0 Å². The third-order valence-corrected chi connectivity index (χ3v) is 2.09. The van der Waals surface area contributed by atoms with Gasteiger partial charge in [0, 0.05) is 11.1 Å². The lowest BCUT2D eigenvalue weighted by molar-refractivity contribution is 1.03. The molecule has 0 fully saturated rings. The standard InChI is InChI=1S/C7H7NS/c1-3-6(2)7-4-8-5-9-7/h1,4-6H,2H3. The van der Waals surface area contributed by atoms with Crippen molar-refractivity contribution in [3.05, 3.63) is 16.6 Å². The summed E-state index contributed by atoms with van der Waals surface area (Å²) in [6, 6.07) is 0. The van der Waals surface area contributed by atoms with Crippen LogP contribution in [0, 0.1) is 12.3 Å². The molecule has 1 atom stereocenters. The second-order valence-corrected chi connectivity index (χ2v) is 2.71.